The Morgan fingerprint density at radius 3 is 1.62 bits per heavy atom. The predicted octanol–water partition coefficient (Wildman–Crippen LogP) is 1.18. The van der Waals surface area contributed by atoms with Crippen LogP contribution in [0.5, 0.6) is 0 Å². The van der Waals surface area contributed by atoms with Crippen LogP contribution in [-0.4, -0.2) is 11.9 Å². The minimum absolute atomic E-state index is 0.000648. The van der Waals surface area contributed by atoms with Gasteiger partial charge in [0, 0.05) is 0 Å². The molecule has 0 saturated carbocycles. The first-order valence-corrected chi connectivity index (χ1v) is 4.13. The normalized spacial score (nSPS) is 8.38. The molecule has 1 aromatic rings. The first-order valence-electron chi connectivity index (χ1n) is 4.13. The quantitative estimate of drug-likeness (QED) is 0.548. The highest BCUT2D eigenvalue weighted by Gasteiger charge is 2.18. The molecule has 0 spiro atoms. The smallest absolute Gasteiger partial charge is 0.352 e. The van der Waals surface area contributed by atoms with Crippen molar-refractivity contribution in [2.45, 2.75) is 0 Å². The third-order valence-corrected chi connectivity index (χ3v) is 1.67. The maximum atomic E-state index is 11.4. The van der Waals surface area contributed by atoms with E-state index >= 15 is 0 Å². The van der Waals surface area contributed by atoms with Gasteiger partial charge in [0.2, 0.25) is 0 Å². The molecule has 4 heteroatoms. The number of rotatable bonds is 2. The van der Waals surface area contributed by atoms with Crippen molar-refractivity contribution >= 4 is 11.9 Å². The number of hydrogen-bond acceptors (Lipinski definition) is 4. The topological polar surface area (TPSA) is 52.6 Å². The summed E-state index contributed by atoms with van der Waals surface area (Å²) >= 11 is 0. The maximum Gasteiger partial charge on any atom is 0.352 e. The first kappa shape index (κ1) is 11.4. The molecule has 4 nitrogen and oxygen atoms in total. The van der Waals surface area contributed by atoms with Gasteiger partial charge < -0.3 is 9.47 Å². The van der Waals surface area contributed by atoms with E-state index in [9.17, 15) is 9.59 Å². The maximum absolute atomic E-state index is 11.4. The number of esters is 2. The van der Waals surface area contributed by atoms with E-state index in [0.29, 0.717) is 0 Å². The molecule has 0 saturated heterocycles. The van der Waals surface area contributed by atoms with E-state index in [2.05, 4.69) is 9.47 Å². The third-order valence-electron chi connectivity index (χ3n) is 1.67. The average molecular weight is 214 g/mol. The molecule has 0 aliphatic rings. The molecule has 0 atom stereocenters. The fourth-order valence-corrected chi connectivity index (χ4v) is 1.06. The lowest BCUT2D eigenvalue weighted by Crippen LogP contribution is -2.10. The molecule has 0 N–H and O–H groups in total. The molecule has 1 rings (SSSR count). The first-order chi connectivity index (χ1) is 7.70. The summed E-state index contributed by atoms with van der Waals surface area (Å²) in [4.78, 5) is 22.7. The van der Waals surface area contributed by atoms with E-state index in [0.717, 1.165) is 0 Å². The number of benzene rings is 1. The monoisotopic (exact) mass is 214 g/mol. The molecule has 0 aromatic heterocycles. The molecule has 1 aromatic carbocycles. The fraction of sp³-hybridized carbons (Fsp3) is 0. The largest absolute Gasteiger partial charge is 0.369 e. The van der Waals surface area contributed by atoms with Crippen LogP contribution in [0.3, 0.4) is 0 Å². The number of terminal acetylenes is 2. The van der Waals surface area contributed by atoms with Crippen molar-refractivity contribution in [2.24, 2.45) is 0 Å². The highest BCUT2D eigenvalue weighted by molar-refractivity contribution is 6.03. The molecule has 0 aliphatic carbocycles. The van der Waals surface area contributed by atoms with Gasteiger partial charge >= 0.3 is 11.9 Å². The summed E-state index contributed by atoms with van der Waals surface area (Å²) in [5, 5.41) is 0. The molecular formula is C12H6O4. The van der Waals surface area contributed by atoms with Gasteiger partial charge in [0.05, 0.1) is 11.1 Å². The molecule has 0 radical (unpaired) electrons. The van der Waals surface area contributed by atoms with Crippen molar-refractivity contribution in [3.05, 3.63) is 35.4 Å². The summed E-state index contributed by atoms with van der Waals surface area (Å²) in [6, 6.07) is 5.87. The SMILES string of the molecule is C#COC(=O)c1ccccc1C(=O)OC#C. The van der Waals surface area contributed by atoms with Crippen molar-refractivity contribution in [3.8, 4) is 25.1 Å². The molecule has 0 amide bonds. The predicted molar refractivity (Wildman–Crippen MR) is 54.9 cm³/mol. The van der Waals surface area contributed by atoms with Crippen LogP contribution in [0.1, 0.15) is 20.7 Å². The minimum atomic E-state index is -0.813. The number of carbonyl (C=O) groups is 2. The van der Waals surface area contributed by atoms with Gasteiger partial charge in [0.15, 0.2) is 0 Å². The van der Waals surface area contributed by atoms with Gasteiger partial charge in [-0.05, 0) is 12.1 Å². The average Bonchev–Trinajstić information content (AvgIpc) is 2.30. The van der Waals surface area contributed by atoms with Crippen LogP contribution in [0.2, 0.25) is 0 Å². The van der Waals surface area contributed by atoms with Gasteiger partial charge in [-0.1, -0.05) is 25.0 Å². The second-order valence-electron chi connectivity index (χ2n) is 2.56. The Hall–Kier alpha value is -2.72. The second-order valence-corrected chi connectivity index (χ2v) is 2.56. The lowest BCUT2D eigenvalue weighted by Gasteiger charge is -2.03. The van der Waals surface area contributed by atoms with E-state index in [1.54, 1.807) is 24.3 Å². The van der Waals surface area contributed by atoms with Gasteiger partial charge in [-0.3, -0.25) is 0 Å². The summed E-state index contributed by atoms with van der Waals surface area (Å²) in [6.45, 7) is 0. The van der Waals surface area contributed by atoms with Crippen molar-refractivity contribution in [3.63, 3.8) is 0 Å². The Morgan fingerprint density at radius 2 is 1.31 bits per heavy atom. The summed E-state index contributed by atoms with van der Waals surface area (Å²) in [6.07, 6.45) is 13.1. The van der Waals surface area contributed by atoms with E-state index < -0.39 is 11.9 Å². The Kier molecular flexibility index (Phi) is 3.71. The third kappa shape index (κ3) is 2.40. The zero-order chi connectivity index (χ0) is 12.0. The lowest BCUT2D eigenvalue weighted by molar-refractivity contribution is 0.0647. The Bertz CT molecular complexity index is 455. The van der Waals surface area contributed by atoms with Gasteiger partial charge in [0.25, 0.3) is 0 Å². The molecule has 16 heavy (non-hydrogen) atoms. The van der Waals surface area contributed by atoms with Crippen molar-refractivity contribution in [2.75, 3.05) is 0 Å². The van der Waals surface area contributed by atoms with Gasteiger partial charge in [-0.2, -0.15) is 0 Å². The zero-order valence-electron chi connectivity index (χ0n) is 8.10. The van der Waals surface area contributed by atoms with E-state index in [1.165, 1.54) is 12.1 Å². The molecule has 78 valence electrons. The van der Waals surface area contributed by atoms with Crippen molar-refractivity contribution in [1.29, 1.82) is 0 Å². The second kappa shape index (κ2) is 5.23. The molecule has 0 heterocycles. The fourth-order valence-electron chi connectivity index (χ4n) is 1.06. The molecule has 0 aliphatic heterocycles. The molecular weight excluding hydrogens is 208 g/mol. The van der Waals surface area contributed by atoms with Crippen LogP contribution in [-0.2, 0) is 9.47 Å². The van der Waals surface area contributed by atoms with Gasteiger partial charge in [-0.25, -0.2) is 9.59 Å². The summed E-state index contributed by atoms with van der Waals surface area (Å²) in [5.74, 6) is -1.63. The Balaban J connectivity index is 3.12. The Morgan fingerprint density at radius 1 is 0.938 bits per heavy atom. The zero-order valence-corrected chi connectivity index (χ0v) is 8.10. The highest BCUT2D eigenvalue weighted by Crippen LogP contribution is 2.11. The summed E-state index contributed by atoms with van der Waals surface area (Å²) in [7, 11) is 0. The van der Waals surface area contributed by atoms with E-state index in [1.807, 2.05) is 0 Å². The van der Waals surface area contributed by atoms with Crippen LogP contribution in [0.15, 0.2) is 24.3 Å². The summed E-state index contributed by atoms with van der Waals surface area (Å²) < 4.78 is 8.65. The van der Waals surface area contributed by atoms with Gasteiger partial charge in [-0.15, -0.1) is 0 Å². The Labute approximate surface area is 92.2 Å². The van der Waals surface area contributed by atoms with Crippen LogP contribution in [0.25, 0.3) is 0 Å². The molecule has 0 unspecified atom stereocenters. The van der Waals surface area contributed by atoms with Gasteiger partial charge in [0.1, 0.15) is 12.2 Å². The van der Waals surface area contributed by atoms with Crippen LogP contribution in [0.4, 0.5) is 0 Å². The van der Waals surface area contributed by atoms with E-state index in [-0.39, 0.29) is 11.1 Å². The highest BCUT2D eigenvalue weighted by atomic mass is 16.5. The lowest BCUT2D eigenvalue weighted by atomic mass is 10.1. The van der Waals surface area contributed by atoms with Crippen molar-refractivity contribution < 1.29 is 19.1 Å². The standard InChI is InChI=1S/C12H6O4/c1-3-15-11(13)9-7-5-6-8-10(9)12(14)16-4-2/h1-2,5-8H. The van der Waals surface area contributed by atoms with Crippen LogP contribution >= 0.6 is 0 Å². The van der Waals surface area contributed by atoms with E-state index in [4.69, 9.17) is 12.8 Å². The summed E-state index contributed by atoms with van der Waals surface area (Å²) in [5.41, 5.74) is 0.00130. The molecule has 0 fully saturated rings. The van der Waals surface area contributed by atoms with Crippen LogP contribution in [0, 0.1) is 25.1 Å². The number of ether oxygens (including phenoxy) is 2. The molecule has 0 bridgehead atoms. The minimum Gasteiger partial charge on any atom is -0.369 e. The van der Waals surface area contributed by atoms with Crippen LogP contribution < -0.4 is 0 Å². The number of hydrogen-bond donors (Lipinski definition) is 0. The van der Waals surface area contributed by atoms with Crippen molar-refractivity contribution in [1.82, 2.24) is 0 Å². The number of carbonyl (C=O) groups excluding carboxylic acids is 2.